The van der Waals surface area contributed by atoms with E-state index in [4.69, 9.17) is 16.3 Å². The van der Waals surface area contributed by atoms with Gasteiger partial charge in [0, 0.05) is 12.6 Å². The Bertz CT molecular complexity index is 631. The molecule has 0 amide bonds. The van der Waals surface area contributed by atoms with Crippen molar-refractivity contribution in [3.63, 3.8) is 0 Å². The second-order valence-corrected chi connectivity index (χ2v) is 4.41. The molecule has 0 atom stereocenters. The third-order valence-corrected chi connectivity index (χ3v) is 2.90. The molecule has 0 unspecified atom stereocenters. The number of hydrogen-bond donors (Lipinski definition) is 2. The number of hydrogen-bond acceptors (Lipinski definition) is 5. The van der Waals surface area contributed by atoms with Crippen LogP contribution in [-0.2, 0) is 0 Å². The molecule has 0 aliphatic carbocycles. The van der Waals surface area contributed by atoms with Crippen LogP contribution in [0.4, 0.5) is 26.1 Å². The molecule has 112 valence electrons. The first-order chi connectivity index (χ1) is 10.1. The molecule has 1 aromatic heterocycles. The third-order valence-electron chi connectivity index (χ3n) is 2.60. The summed E-state index contributed by atoms with van der Waals surface area (Å²) >= 11 is 5.84. The topological polar surface area (TPSA) is 59.1 Å². The first-order valence-corrected chi connectivity index (χ1v) is 6.49. The Balaban J connectivity index is 2.42. The average molecular weight is 315 g/mol. The lowest BCUT2D eigenvalue weighted by molar-refractivity contribution is 0.415. The summed E-state index contributed by atoms with van der Waals surface area (Å²) in [6.07, 6.45) is 1.29. The quantitative estimate of drug-likeness (QED) is 0.883. The van der Waals surface area contributed by atoms with Gasteiger partial charge in [0.1, 0.15) is 12.1 Å². The van der Waals surface area contributed by atoms with E-state index in [1.54, 1.807) is 0 Å². The number of aromatic nitrogens is 2. The van der Waals surface area contributed by atoms with Crippen LogP contribution in [0.15, 0.2) is 18.5 Å². The second kappa shape index (κ2) is 6.53. The molecule has 1 heterocycles. The monoisotopic (exact) mass is 314 g/mol. The van der Waals surface area contributed by atoms with Gasteiger partial charge in [0.25, 0.3) is 0 Å². The molecule has 1 aromatic carbocycles. The van der Waals surface area contributed by atoms with Gasteiger partial charge in [0.2, 0.25) is 5.75 Å². The van der Waals surface area contributed by atoms with E-state index in [1.165, 1.54) is 13.4 Å². The normalized spacial score (nSPS) is 10.3. The summed E-state index contributed by atoms with van der Waals surface area (Å²) in [5, 5.41) is 5.59. The molecule has 0 aliphatic heterocycles. The maximum Gasteiger partial charge on any atom is 0.204 e. The molecular formula is C13H13ClF2N4O. The van der Waals surface area contributed by atoms with E-state index in [2.05, 4.69) is 20.6 Å². The number of nitrogens with one attached hydrogen (secondary N) is 2. The van der Waals surface area contributed by atoms with Crippen molar-refractivity contribution < 1.29 is 13.5 Å². The lowest BCUT2D eigenvalue weighted by atomic mass is 10.3. The van der Waals surface area contributed by atoms with E-state index in [0.29, 0.717) is 18.1 Å². The molecule has 2 aromatic rings. The molecule has 8 heteroatoms. The van der Waals surface area contributed by atoms with E-state index in [1.807, 2.05) is 6.92 Å². The van der Waals surface area contributed by atoms with Gasteiger partial charge >= 0.3 is 0 Å². The van der Waals surface area contributed by atoms with Gasteiger partial charge in [0.05, 0.1) is 17.8 Å². The van der Waals surface area contributed by atoms with Crippen LogP contribution in [0, 0.1) is 11.6 Å². The van der Waals surface area contributed by atoms with E-state index in [-0.39, 0.29) is 16.5 Å². The number of rotatable bonds is 5. The van der Waals surface area contributed by atoms with E-state index < -0.39 is 11.6 Å². The number of methoxy groups -OCH3 is 1. The lowest BCUT2D eigenvalue weighted by Crippen LogP contribution is -2.06. The van der Waals surface area contributed by atoms with Gasteiger partial charge in [-0.3, -0.25) is 0 Å². The summed E-state index contributed by atoms with van der Waals surface area (Å²) in [6, 6.07) is 1.74. The predicted molar refractivity (Wildman–Crippen MR) is 77.4 cm³/mol. The number of ether oxygens (including phenoxy) is 1. The second-order valence-electron chi connectivity index (χ2n) is 4.00. The van der Waals surface area contributed by atoms with Crippen molar-refractivity contribution in [3.05, 3.63) is 35.1 Å². The van der Waals surface area contributed by atoms with E-state index in [9.17, 15) is 8.78 Å². The highest BCUT2D eigenvalue weighted by atomic mass is 35.5. The van der Waals surface area contributed by atoms with Crippen molar-refractivity contribution in [1.29, 1.82) is 0 Å². The summed E-state index contributed by atoms with van der Waals surface area (Å²) in [7, 11) is 1.44. The standard InChI is InChI=1S/C13H13ClF2N4O/c1-3-17-12-11(21-2)13(19-6-18-12)20-10-8(14)4-7(15)5-9(10)16/h4-6H,3H2,1-2H3,(H2,17,18,19,20). The fraction of sp³-hybridized carbons (Fsp3) is 0.231. The molecule has 2 rings (SSSR count). The van der Waals surface area contributed by atoms with Crippen molar-refractivity contribution >= 4 is 28.9 Å². The number of halogens is 3. The Kier molecular flexibility index (Phi) is 4.74. The Morgan fingerprint density at radius 1 is 1.24 bits per heavy atom. The van der Waals surface area contributed by atoms with Gasteiger partial charge in [-0.2, -0.15) is 0 Å². The molecule has 0 radical (unpaired) electrons. The molecule has 0 aliphatic rings. The maximum absolute atomic E-state index is 13.8. The molecule has 0 saturated heterocycles. The van der Waals surface area contributed by atoms with Crippen molar-refractivity contribution in [2.75, 3.05) is 24.3 Å². The van der Waals surface area contributed by atoms with Crippen LogP contribution in [0.25, 0.3) is 0 Å². The zero-order chi connectivity index (χ0) is 15.4. The van der Waals surface area contributed by atoms with Crippen molar-refractivity contribution in [3.8, 4) is 5.75 Å². The van der Waals surface area contributed by atoms with Crippen molar-refractivity contribution in [2.24, 2.45) is 0 Å². The molecule has 21 heavy (non-hydrogen) atoms. The molecule has 5 nitrogen and oxygen atoms in total. The van der Waals surface area contributed by atoms with Gasteiger partial charge in [-0.15, -0.1) is 0 Å². The Hall–Kier alpha value is -2.15. The smallest absolute Gasteiger partial charge is 0.204 e. The lowest BCUT2D eigenvalue weighted by Gasteiger charge is -2.14. The minimum absolute atomic E-state index is 0.0856. The maximum atomic E-state index is 13.8. The Morgan fingerprint density at radius 3 is 2.57 bits per heavy atom. The van der Waals surface area contributed by atoms with Crippen LogP contribution in [0.3, 0.4) is 0 Å². The summed E-state index contributed by atoms with van der Waals surface area (Å²) in [4.78, 5) is 8.01. The summed E-state index contributed by atoms with van der Waals surface area (Å²) < 4.78 is 32.1. The molecule has 0 bridgehead atoms. The minimum atomic E-state index is -0.828. The average Bonchev–Trinajstić information content (AvgIpc) is 2.43. The molecule has 0 saturated carbocycles. The van der Waals surface area contributed by atoms with Crippen LogP contribution in [0.5, 0.6) is 5.75 Å². The summed E-state index contributed by atoms with van der Waals surface area (Å²) in [5.74, 6) is -0.608. The Labute approximate surface area is 125 Å². The fourth-order valence-electron chi connectivity index (χ4n) is 1.73. The molecular weight excluding hydrogens is 302 g/mol. The molecule has 0 spiro atoms. The number of benzene rings is 1. The first-order valence-electron chi connectivity index (χ1n) is 6.11. The van der Waals surface area contributed by atoms with Gasteiger partial charge in [-0.05, 0) is 13.0 Å². The number of nitrogens with zero attached hydrogens (tertiary/aromatic N) is 2. The molecule has 2 N–H and O–H groups in total. The fourth-order valence-corrected chi connectivity index (χ4v) is 1.97. The number of anilines is 3. The van der Waals surface area contributed by atoms with Gasteiger partial charge in [-0.25, -0.2) is 18.7 Å². The van der Waals surface area contributed by atoms with Crippen molar-refractivity contribution in [2.45, 2.75) is 6.92 Å². The minimum Gasteiger partial charge on any atom is -0.490 e. The van der Waals surface area contributed by atoms with Crippen LogP contribution < -0.4 is 15.4 Å². The van der Waals surface area contributed by atoms with E-state index >= 15 is 0 Å². The van der Waals surface area contributed by atoms with Gasteiger partial charge in [0.15, 0.2) is 17.5 Å². The van der Waals surface area contributed by atoms with Crippen LogP contribution in [0.1, 0.15) is 6.92 Å². The van der Waals surface area contributed by atoms with Crippen molar-refractivity contribution in [1.82, 2.24) is 9.97 Å². The SMILES string of the molecule is CCNc1ncnc(Nc2c(F)cc(F)cc2Cl)c1OC. The Morgan fingerprint density at radius 2 is 1.95 bits per heavy atom. The van der Waals surface area contributed by atoms with Crippen LogP contribution in [0.2, 0.25) is 5.02 Å². The molecule has 0 fully saturated rings. The van der Waals surface area contributed by atoms with Gasteiger partial charge in [-0.1, -0.05) is 11.6 Å². The highest BCUT2D eigenvalue weighted by molar-refractivity contribution is 6.33. The van der Waals surface area contributed by atoms with Gasteiger partial charge < -0.3 is 15.4 Å². The highest BCUT2D eigenvalue weighted by Crippen LogP contribution is 2.35. The van der Waals surface area contributed by atoms with E-state index in [0.717, 1.165) is 12.1 Å². The zero-order valence-electron chi connectivity index (χ0n) is 11.4. The highest BCUT2D eigenvalue weighted by Gasteiger charge is 2.16. The third kappa shape index (κ3) is 3.30. The van der Waals surface area contributed by atoms with Crippen LogP contribution >= 0.6 is 11.6 Å². The van der Waals surface area contributed by atoms with Crippen LogP contribution in [-0.4, -0.2) is 23.6 Å². The summed E-state index contributed by atoms with van der Waals surface area (Å²) in [6.45, 7) is 2.52. The zero-order valence-corrected chi connectivity index (χ0v) is 12.1. The predicted octanol–water partition coefficient (Wildman–Crippen LogP) is 3.59. The summed E-state index contributed by atoms with van der Waals surface area (Å²) in [5.41, 5.74) is -0.0856. The largest absolute Gasteiger partial charge is 0.490 e. The first kappa shape index (κ1) is 15.2.